The highest BCUT2D eigenvalue weighted by molar-refractivity contribution is 5.82. The summed E-state index contributed by atoms with van der Waals surface area (Å²) in [5.41, 5.74) is 7.62. The Balaban J connectivity index is 1.92. The molecule has 0 bridgehead atoms. The lowest BCUT2D eigenvalue weighted by atomic mass is 10.1. The predicted molar refractivity (Wildman–Crippen MR) is 80.6 cm³/mol. The number of phenols is 1. The van der Waals surface area contributed by atoms with Crippen molar-refractivity contribution in [1.29, 1.82) is 0 Å². The van der Waals surface area contributed by atoms with Crippen LogP contribution in [0.4, 0.5) is 0 Å². The van der Waals surface area contributed by atoms with Gasteiger partial charge in [0.05, 0.1) is 17.8 Å². The van der Waals surface area contributed by atoms with Gasteiger partial charge in [0.1, 0.15) is 5.75 Å². The molecule has 0 radical (unpaired) electrons. The summed E-state index contributed by atoms with van der Waals surface area (Å²) >= 11 is 0. The number of hydrogen-bond donors (Lipinski definition) is 3. The molecule has 0 unspecified atom stereocenters. The number of pyridine rings is 1. The van der Waals surface area contributed by atoms with Gasteiger partial charge in [0, 0.05) is 6.20 Å². The molecular formula is C16H19N3O2. The average molecular weight is 285 g/mol. The Kier molecular flexibility index (Phi) is 4.90. The summed E-state index contributed by atoms with van der Waals surface area (Å²) in [6.45, 7) is 1.87. The van der Waals surface area contributed by atoms with Crippen molar-refractivity contribution in [3.63, 3.8) is 0 Å². The number of aromatic hydroxyl groups is 1. The number of hydrogen-bond acceptors (Lipinski definition) is 4. The molecule has 0 aliphatic heterocycles. The zero-order chi connectivity index (χ0) is 15.2. The number of rotatable bonds is 5. The molecule has 4 N–H and O–H groups in total. The van der Waals surface area contributed by atoms with E-state index in [9.17, 15) is 9.90 Å². The Labute approximate surface area is 123 Å². The number of nitrogens with one attached hydrogen (secondary N) is 1. The van der Waals surface area contributed by atoms with Gasteiger partial charge in [0.2, 0.25) is 5.91 Å². The molecule has 21 heavy (non-hydrogen) atoms. The number of aromatic nitrogens is 1. The maximum atomic E-state index is 12.1. The summed E-state index contributed by atoms with van der Waals surface area (Å²) in [7, 11) is 0. The van der Waals surface area contributed by atoms with Gasteiger partial charge in [0.25, 0.3) is 0 Å². The summed E-state index contributed by atoms with van der Waals surface area (Å²) in [4.78, 5) is 16.3. The van der Waals surface area contributed by atoms with Crippen molar-refractivity contribution in [2.24, 2.45) is 5.73 Å². The van der Waals surface area contributed by atoms with Crippen LogP contribution in [0.3, 0.4) is 0 Å². The normalized spacial score (nSPS) is 13.4. The Morgan fingerprint density at radius 1 is 1.29 bits per heavy atom. The van der Waals surface area contributed by atoms with Crippen LogP contribution in [-0.4, -0.2) is 22.0 Å². The lowest BCUT2D eigenvalue weighted by Gasteiger charge is -2.17. The summed E-state index contributed by atoms with van der Waals surface area (Å²) in [5.74, 6) is -0.0261. The quantitative estimate of drug-likeness (QED) is 0.777. The van der Waals surface area contributed by atoms with E-state index in [1.54, 1.807) is 30.5 Å². The maximum Gasteiger partial charge on any atom is 0.237 e. The van der Waals surface area contributed by atoms with Crippen molar-refractivity contribution >= 4 is 5.91 Å². The fraction of sp³-hybridized carbons (Fsp3) is 0.250. The number of benzene rings is 1. The van der Waals surface area contributed by atoms with E-state index in [2.05, 4.69) is 10.3 Å². The molecule has 5 heteroatoms. The number of carbonyl (C=O) groups excluding carboxylic acids is 1. The van der Waals surface area contributed by atoms with E-state index in [4.69, 9.17) is 5.73 Å². The van der Waals surface area contributed by atoms with E-state index < -0.39 is 6.04 Å². The highest BCUT2D eigenvalue weighted by Gasteiger charge is 2.17. The van der Waals surface area contributed by atoms with Crippen molar-refractivity contribution < 1.29 is 9.90 Å². The Bertz CT molecular complexity index is 584. The fourth-order valence-corrected chi connectivity index (χ4v) is 2.01. The first kappa shape index (κ1) is 15.0. The van der Waals surface area contributed by atoms with Gasteiger partial charge in [0.15, 0.2) is 0 Å². The van der Waals surface area contributed by atoms with E-state index in [1.165, 1.54) is 0 Å². The summed E-state index contributed by atoms with van der Waals surface area (Å²) in [6, 6.07) is 11.4. The first-order chi connectivity index (χ1) is 10.1. The number of nitrogens with two attached hydrogens (primary N) is 1. The molecule has 1 aromatic heterocycles. The molecule has 0 saturated heterocycles. The molecule has 0 fully saturated rings. The third-order valence-electron chi connectivity index (χ3n) is 3.22. The Morgan fingerprint density at radius 3 is 2.62 bits per heavy atom. The van der Waals surface area contributed by atoms with Gasteiger partial charge in [-0.15, -0.1) is 0 Å². The van der Waals surface area contributed by atoms with E-state index >= 15 is 0 Å². The smallest absolute Gasteiger partial charge is 0.237 e. The molecule has 5 nitrogen and oxygen atoms in total. The molecule has 0 spiro atoms. The van der Waals surface area contributed by atoms with Crippen LogP contribution in [0.15, 0.2) is 48.7 Å². The first-order valence-electron chi connectivity index (χ1n) is 6.81. The predicted octanol–water partition coefficient (Wildman–Crippen LogP) is 1.53. The van der Waals surface area contributed by atoms with E-state index in [-0.39, 0.29) is 17.7 Å². The summed E-state index contributed by atoms with van der Waals surface area (Å²) in [6.07, 6.45) is 2.11. The number of amides is 1. The van der Waals surface area contributed by atoms with Crippen LogP contribution in [0.2, 0.25) is 0 Å². The standard InChI is InChI=1S/C16H19N3O2/c1-11(15-4-2-3-9-18-15)19-16(21)14(17)10-12-5-7-13(20)8-6-12/h2-9,11,14,20H,10,17H2,1H3,(H,19,21)/t11-,14+/m1/s1. The highest BCUT2D eigenvalue weighted by atomic mass is 16.3. The van der Waals surface area contributed by atoms with Crippen LogP contribution >= 0.6 is 0 Å². The van der Waals surface area contributed by atoms with Crippen LogP contribution < -0.4 is 11.1 Å². The summed E-state index contributed by atoms with van der Waals surface area (Å²) < 4.78 is 0. The molecule has 2 aromatic rings. The molecule has 2 rings (SSSR count). The van der Waals surface area contributed by atoms with Gasteiger partial charge in [-0.3, -0.25) is 9.78 Å². The molecule has 2 atom stereocenters. The van der Waals surface area contributed by atoms with Crippen LogP contribution in [0.1, 0.15) is 24.2 Å². The molecular weight excluding hydrogens is 266 g/mol. The number of nitrogens with zero attached hydrogens (tertiary/aromatic N) is 1. The van der Waals surface area contributed by atoms with Gasteiger partial charge >= 0.3 is 0 Å². The molecule has 1 aromatic carbocycles. The van der Waals surface area contributed by atoms with Crippen molar-refractivity contribution in [3.8, 4) is 5.75 Å². The molecule has 110 valence electrons. The van der Waals surface area contributed by atoms with E-state index in [1.807, 2.05) is 25.1 Å². The van der Waals surface area contributed by atoms with Gasteiger partial charge in [-0.2, -0.15) is 0 Å². The van der Waals surface area contributed by atoms with Crippen LogP contribution in [0.5, 0.6) is 5.75 Å². The second-order valence-corrected chi connectivity index (χ2v) is 4.96. The highest BCUT2D eigenvalue weighted by Crippen LogP contribution is 2.12. The minimum Gasteiger partial charge on any atom is -0.508 e. The average Bonchev–Trinajstić information content (AvgIpc) is 2.50. The van der Waals surface area contributed by atoms with Crippen LogP contribution in [0.25, 0.3) is 0 Å². The largest absolute Gasteiger partial charge is 0.508 e. The van der Waals surface area contributed by atoms with Crippen molar-refractivity contribution in [1.82, 2.24) is 10.3 Å². The Morgan fingerprint density at radius 2 is 2.00 bits per heavy atom. The van der Waals surface area contributed by atoms with Gasteiger partial charge in [-0.1, -0.05) is 18.2 Å². The first-order valence-corrected chi connectivity index (χ1v) is 6.81. The van der Waals surface area contributed by atoms with E-state index in [0.29, 0.717) is 6.42 Å². The third-order valence-corrected chi connectivity index (χ3v) is 3.22. The molecule has 1 heterocycles. The lowest BCUT2D eigenvalue weighted by molar-refractivity contribution is -0.123. The monoisotopic (exact) mass is 285 g/mol. The molecule has 1 amide bonds. The minimum atomic E-state index is -0.638. The van der Waals surface area contributed by atoms with Crippen molar-refractivity contribution in [2.75, 3.05) is 0 Å². The molecule has 0 aliphatic carbocycles. The van der Waals surface area contributed by atoms with Crippen LogP contribution in [-0.2, 0) is 11.2 Å². The van der Waals surface area contributed by atoms with Crippen molar-refractivity contribution in [3.05, 3.63) is 59.9 Å². The van der Waals surface area contributed by atoms with Gasteiger partial charge in [-0.25, -0.2) is 0 Å². The fourth-order valence-electron chi connectivity index (χ4n) is 2.01. The second-order valence-electron chi connectivity index (χ2n) is 4.96. The lowest BCUT2D eigenvalue weighted by Crippen LogP contribution is -2.43. The topological polar surface area (TPSA) is 88.2 Å². The molecule has 0 aliphatic rings. The zero-order valence-electron chi connectivity index (χ0n) is 11.9. The van der Waals surface area contributed by atoms with Crippen molar-refractivity contribution in [2.45, 2.75) is 25.4 Å². The Hall–Kier alpha value is -2.40. The number of phenolic OH excluding ortho intramolecular Hbond substituents is 1. The molecule has 0 saturated carbocycles. The SMILES string of the molecule is C[C@@H](NC(=O)[C@@H](N)Cc1ccc(O)cc1)c1ccccn1. The van der Waals surface area contributed by atoms with Crippen LogP contribution in [0, 0.1) is 0 Å². The third kappa shape index (κ3) is 4.29. The summed E-state index contributed by atoms with van der Waals surface area (Å²) in [5, 5.41) is 12.1. The van der Waals surface area contributed by atoms with E-state index in [0.717, 1.165) is 11.3 Å². The number of carbonyl (C=O) groups is 1. The second kappa shape index (κ2) is 6.85. The zero-order valence-corrected chi connectivity index (χ0v) is 11.9. The minimum absolute atomic E-state index is 0.190. The van der Waals surface area contributed by atoms with Gasteiger partial charge < -0.3 is 16.2 Å². The maximum absolute atomic E-state index is 12.1. The van der Waals surface area contributed by atoms with Gasteiger partial charge in [-0.05, 0) is 43.2 Å².